The van der Waals surface area contributed by atoms with Crippen LogP contribution in [0.1, 0.15) is 21.9 Å². The first-order chi connectivity index (χ1) is 14.2. The molecule has 0 bridgehead atoms. The Morgan fingerprint density at radius 3 is 2.13 bits per heavy atom. The number of hydrogen-bond acceptors (Lipinski definition) is 6. The largest absolute Gasteiger partial charge is 0.497 e. The first kappa shape index (κ1) is 22.5. The van der Waals surface area contributed by atoms with E-state index in [1.165, 1.54) is 13.2 Å². The lowest BCUT2D eigenvalue weighted by molar-refractivity contribution is 0.413. The molecule has 1 heterocycles. The van der Waals surface area contributed by atoms with Gasteiger partial charge in [0, 0.05) is 6.54 Å². The summed E-state index contributed by atoms with van der Waals surface area (Å²) < 4.78 is 60.5. The molecule has 3 rings (SSSR count). The van der Waals surface area contributed by atoms with E-state index in [2.05, 4.69) is 4.72 Å². The number of rotatable bonds is 8. The second-order valence-electron chi connectivity index (χ2n) is 6.82. The number of hydrogen-bond donors (Lipinski definition) is 1. The molecule has 6 nitrogen and oxygen atoms in total. The summed E-state index contributed by atoms with van der Waals surface area (Å²) in [7, 11) is -6.21. The van der Waals surface area contributed by atoms with Crippen LogP contribution in [0.5, 0.6) is 5.75 Å². The monoisotopic (exact) mass is 465 g/mol. The summed E-state index contributed by atoms with van der Waals surface area (Å²) in [5, 5.41) is 0.634. The lowest BCUT2D eigenvalue weighted by Crippen LogP contribution is -2.32. The highest BCUT2D eigenvalue weighted by atomic mass is 32.2. The molecule has 0 saturated heterocycles. The summed E-state index contributed by atoms with van der Waals surface area (Å²) in [5.41, 5.74) is 1.57. The average molecular weight is 466 g/mol. The van der Waals surface area contributed by atoms with Crippen molar-refractivity contribution in [3.05, 3.63) is 76.7 Å². The predicted molar refractivity (Wildman–Crippen MR) is 118 cm³/mol. The van der Waals surface area contributed by atoms with Gasteiger partial charge in [-0.25, -0.2) is 21.6 Å². The average Bonchev–Trinajstić information content (AvgIpc) is 3.23. The second-order valence-corrected chi connectivity index (χ2v) is 11.8. The number of methoxy groups -OCH3 is 1. The Labute approximate surface area is 181 Å². The van der Waals surface area contributed by atoms with Crippen molar-refractivity contribution in [1.29, 1.82) is 0 Å². The summed E-state index contributed by atoms with van der Waals surface area (Å²) in [6.07, 6.45) is 0. The molecule has 2 aromatic carbocycles. The first-order valence-electron chi connectivity index (χ1n) is 9.14. The van der Waals surface area contributed by atoms with E-state index in [9.17, 15) is 16.8 Å². The van der Waals surface area contributed by atoms with Crippen molar-refractivity contribution < 1.29 is 21.6 Å². The summed E-state index contributed by atoms with van der Waals surface area (Å²) >= 11 is 1.11. The Morgan fingerprint density at radius 2 is 1.60 bits per heavy atom. The number of benzene rings is 2. The summed E-state index contributed by atoms with van der Waals surface area (Å²) in [5.74, 6) is 0.561. The van der Waals surface area contributed by atoms with Gasteiger partial charge in [-0.2, -0.15) is 0 Å². The fourth-order valence-electron chi connectivity index (χ4n) is 3.35. The number of sulfone groups is 1. The van der Waals surface area contributed by atoms with Crippen LogP contribution in [-0.2, 0) is 19.9 Å². The standard InChI is InChI=1S/C21H23NO5S3/c1-15-12-18(27-3)13-16(2)21(15)30(25,26)22-14-19(17-8-5-4-6-9-17)29(23,24)20-10-7-11-28-20/h4-13,19,22H,14H2,1-3H3/t19-/m0/s1. The minimum Gasteiger partial charge on any atom is -0.497 e. The summed E-state index contributed by atoms with van der Waals surface area (Å²) in [6.45, 7) is 3.08. The van der Waals surface area contributed by atoms with Crippen molar-refractivity contribution in [2.24, 2.45) is 0 Å². The minimum atomic E-state index is -3.95. The first-order valence-corrected chi connectivity index (χ1v) is 13.0. The lowest BCUT2D eigenvalue weighted by atomic mass is 10.1. The van der Waals surface area contributed by atoms with Gasteiger partial charge >= 0.3 is 0 Å². The number of sulfonamides is 1. The lowest BCUT2D eigenvalue weighted by Gasteiger charge is -2.19. The molecular weight excluding hydrogens is 442 g/mol. The van der Waals surface area contributed by atoms with Crippen LogP contribution in [0.3, 0.4) is 0 Å². The van der Waals surface area contributed by atoms with Gasteiger partial charge in [-0.05, 0) is 54.1 Å². The highest BCUT2D eigenvalue weighted by Gasteiger charge is 2.32. The van der Waals surface area contributed by atoms with Crippen molar-refractivity contribution in [1.82, 2.24) is 4.72 Å². The van der Waals surface area contributed by atoms with Gasteiger partial charge in [0.25, 0.3) is 0 Å². The van der Waals surface area contributed by atoms with Gasteiger partial charge in [0.2, 0.25) is 10.0 Å². The topological polar surface area (TPSA) is 89.5 Å². The minimum absolute atomic E-state index is 0.128. The summed E-state index contributed by atoms with van der Waals surface area (Å²) in [6, 6.07) is 15.1. The molecule has 0 fully saturated rings. The van der Waals surface area contributed by atoms with Gasteiger partial charge in [0.15, 0.2) is 9.84 Å². The predicted octanol–water partition coefficient (Wildman–Crippen LogP) is 3.87. The number of nitrogens with one attached hydrogen (secondary N) is 1. The molecule has 1 atom stereocenters. The van der Waals surface area contributed by atoms with Crippen molar-refractivity contribution in [2.45, 2.75) is 28.2 Å². The molecule has 0 saturated carbocycles. The van der Waals surface area contributed by atoms with Crippen molar-refractivity contribution in [3.63, 3.8) is 0 Å². The molecule has 30 heavy (non-hydrogen) atoms. The smallest absolute Gasteiger partial charge is 0.241 e. The van der Waals surface area contributed by atoms with Crippen LogP contribution in [0.4, 0.5) is 0 Å². The van der Waals surface area contributed by atoms with E-state index in [4.69, 9.17) is 4.74 Å². The Kier molecular flexibility index (Phi) is 6.66. The van der Waals surface area contributed by atoms with Crippen LogP contribution in [0, 0.1) is 13.8 Å². The van der Waals surface area contributed by atoms with Gasteiger partial charge < -0.3 is 4.74 Å². The molecular formula is C21H23NO5S3. The maximum absolute atomic E-state index is 13.2. The van der Waals surface area contributed by atoms with E-state index in [0.717, 1.165) is 11.3 Å². The maximum atomic E-state index is 13.2. The maximum Gasteiger partial charge on any atom is 0.241 e. The fraction of sp³-hybridized carbons (Fsp3) is 0.238. The zero-order valence-electron chi connectivity index (χ0n) is 16.8. The number of thiophene rings is 1. The van der Waals surface area contributed by atoms with Crippen LogP contribution in [0.2, 0.25) is 0 Å². The Bertz CT molecular complexity index is 1200. The van der Waals surface area contributed by atoms with Crippen LogP contribution < -0.4 is 9.46 Å². The summed E-state index contributed by atoms with van der Waals surface area (Å²) in [4.78, 5) is 0.128. The third-order valence-electron chi connectivity index (χ3n) is 4.72. The second kappa shape index (κ2) is 8.89. The van der Waals surface area contributed by atoms with Gasteiger partial charge in [-0.1, -0.05) is 36.4 Å². The van der Waals surface area contributed by atoms with Gasteiger partial charge in [-0.3, -0.25) is 0 Å². The molecule has 3 aromatic rings. The third-order valence-corrected chi connectivity index (χ3v) is 9.98. The van der Waals surface area contributed by atoms with Crippen LogP contribution >= 0.6 is 11.3 Å². The van der Waals surface area contributed by atoms with Gasteiger partial charge in [-0.15, -0.1) is 11.3 Å². The normalized spacial score (nSPS) is 13.2. The molecule has 0 spiro atoms. The third kappa shape index (κ3) is 4.59. The van der Waals surface area contributed by atoms with E-state index >= 15 is 0 Å². The highest BCUT2D eigenvalue weighted by molar-refractivity contribution is 7.93. The molecule has 0 radical (unpaired) electrons. The number of ether oxygens (including phenoxy) is 1. The van der Waals surface area contributed by atoms with Crippen LogP contribution in [0.15, 0.2) is 69.1 Å². The van der Waals surface area contributed by atoms with E-state index in [1.54, 1.807) is 67.8 Å². The van der Waals surface area contributed by atoms with Crippen molar-refractivity contribution in [3.8, 4) is 5.75 Å². The molecule has 9 heteroatoms. The zero-order valence-corrected chi connectivity index (χ0v) is 19.3. The molecule has 0 aliphatic rings. The van der Waals surface area contributed by atoms with E-state index in [0.29, 0.717) is 22.4 Å². The Hall–Kier alpha value is -2.20. The SMILES string of the molecule is COc1cc(C)c(S(=O)(=O)NC[C@@H](c2ccccc2)S(=O)(=O)c2cccs2)c(C)c1. The van der Waals surface area contributed by atoms with E-state index in [1.807, 2.05) is 0 Å². The van der Waals surface area contributed by atoms with Crippen molar-refractivity contribution in [2.75, 3.05) is 13.7 Å². The highest BCUT2D eigenvalue weighted by Crippen LogP contribution is 2.32. The molecule has 0 aliphatic heterocycles. The molecule has 0 amide bonds. The fourth-order valence-corrected chi connectivity index (χ4v) is 7.82. The molecule has 160 valence electrons. The number of aryl methyl sites for hydroxylation is 2. The molecule has 1 aromatic heterocycles. The molecule has 0 aliphatic carbocycles. The zero-order chi connectivity index (χ0) is 21.9. The van der Waals surface area contributed by atoms with E-state index < -0.39 is 25.1 Å². The van der Waals surface area contributed by atoms with Crippen LogP contribution in [0.25, 0.3) is 0 Å². The van der Waals surface area contributed by atoms with E-state index in [-0.39, 0.29) is 15.6 Å². The van der Waals surface area contributed by atoms with Crippen molar-refractivity contribution >= 4 is 31.2 Å². The Balaban J connectivity index is 1.97. The quantitative estimate of drug-likeness (QED) is 0.546. The van der Waals surface area contributed by atoms with Gasteiger partial charge in [0.05, 0.1) is 12.0 Å². The Morgan fingerprint density at radius 1 is 0.967 bits per heavy atom. The van der Waals surface area contributed by atoms with Crippen LogP contribution in [-0.4, -0.2) is 30.5 Å². The van der Waals surface area contributed by atoms with Gasteiger partial charge in [0.1, 0.15) is 15.2 Å². The molecule has 1 N–H and O–H groups in total. The molecule has 0 unspecified atom stereocenters.